The predicted molar refractivity (Wildman–Crippen MR) is 72.9 cm³/mol. The molecule has 1 N–H and O–H groups in total. The van der Waals surface area contributed by atoms with Gasteiger partial charge in [-0.1, -0.05) is 42.0 Å². The second kappa shape index (κ2) is 5.69. The highest BCUT2D eigenvalue weighted by atomic mass is 16.5. The van der Waals surface area contributed by atoms with E-state index in [0.29, 0.717) is 0 Å². The Kier molecular flexibility index (Phi) is 4.00. The number of methoxy groups -OCH3 is 1. The molecule has 2 aromatic carbocycles. The fourth-order valence-electron chi connectivity index (χ4n) is 1.96. The number of aryl methyl sites for hydroxylation is 1. The summed E-state index contributed by atoms with van der Waals surface area (Å²) < 4.78 is 5.37. The summed E-state index contributed by atoms with van der Waals surface area (Å²) in [6.07, 6.45) is 0.842. The predicted octanol–water partition coefficient (Wildman–Crippen LogP) is 3.09. The lowest BCUT2D eigenvalue weighted by atomic mass is 10.0. The number of benzene rings is 2. The highest BCUT2D eigenvalue weighted by Crippen LogP contribution is 2.23. The molecule has 0 saturated heterocycles. The van der Waals surface area contributed by atoms with E-state index in [1.165, 1.54) is 11.1 Å². The number of hydrogen-bond donors (Lipinski definition) is 1. The lowest BCUT2D eigenvalue weighted by molar-refractivity contribution is 0.281. The molecule has 0 heterocycles. The molecule has 0 aliphatic carbocycles. The van der Waals surface area contributed by atoms with E-state index >= 15 is 0 Å². The van der Waals surface area contributed by atoms with Gasteiger partial charge in [-0.05, 0) is 29.7 Å². The molecule has 18 heavy (non-hydrogen) atoms. The monoisotopic (exact) mass is 242 g/mol. The number of rotatable bonds is 4. The van der Waals surface area contributed by atoms with Gasteiger partial charge in [0.1, 0.15) is 5.75 Å². The Morgan fingerprint density at radius 3 is 2.28 bits per heavy atom. The van der Waals surface area contributed by atoms with E-state index in [9.17, 15) is 0 Å². The molecule has 0 atom stereocenters. The molecule has 0 aliphatic rings. The molecule has 0 aromatic heterocycles. The first-order valence-electron chi connectivity index (χ1n) is 6.05. The van der Waals surface area contributed by atoms with Gasteiger partial charge in [-0.3, -0.25) is 0 Å². The van der Waals surface area contributed by atoms with Gasteiger partial charge in [-0.15, -0.1) is 0 Å². The van der Waals surface area contributed by atoms with Crippen molar-refractivity contribution in [1.82, 2.24) is 0 Å². The van der Waals surface area contributed by atoms with Gasteiger partial charge in [0.25, 0.3) is 0 Å². The molecular weight excluding hydrogens is 224 g/mol. The van der Waals surface area contributed by atoms with Crippen molar-refractivity contribution >= 4 is 0 Å². The number of ether oxygens (including phenoxy) is 1. The molecular formula is C16H18O2. The van der Waals surface area contributed by atoms with Gasteiger partial charge in [0.2, 0.25) is 0 Å². The van der Waals surface area contributed by atoms with Gasteiger partial charge in [-0.2, -0.15) is 0 Å². The van der Waals surface area contributed by atoms with Gasteiger partial charge in [0.05, 0.1) is 13.7 Å². The molecule has 2 nitrogen and oxygen atoms in total. The summed E-state index contributed by atoms with van der Waals surface area (Å²) in [5.74, 6) is 0.835. The van der Waals surface area contributed by atoms with Crippen molar-refractivity contribution in [2.24, 2.45) is 0 Å². The fourth-order valence-corrected chi connectivity index (χ4v) is 1.96. The quantitative estimate of drug-likeness (QED) is 0.892. The average Bonchev–Trinajstić information content (AvgIpc) is 2.41. The van der Waals surface area contributed by atoms with Crippen molar-refractivity contribution in [3.8, 4) is 5.75 Å². The molecule has 2 heteroatoms. The summed E-state index contributed by atoms with van der Waals surface area (Å²) in [7, 11) is 1.66. The van der Waals surface area contributed by atoms with Crippen LogP contribution in [0.5, 0.6) is 5.75 Å². The second-order valence-electron chi connectivity index (χ2n) is 4.47. The van der Waals surface area contributed by atoms with Crippen LogP contribution in [0.4, 0.5) is 0 Å². The van der Waals surface area contributed by atoms with Gasteiger partial charge >= 0.3 is 0 Å². The maximum atomic E-state index is 9.11. The van der Waals surface area contributed by atoms with Gasteiger partial charge in [0.15, 0.2) is 0 Å². The molecule has 0 aliphatic heterocycles. The van der Waals surface area contributed by atoms with E-state index in [0.717, 1.165) is 23.3 Å². The Morgan fingerprint density at radius 2 is 1.67 bits per heavy atom. The first kappa shape index (κ1) is 12.7. The SMILES string of the molecule is COc1cc(CO)ccc1Cc1ccc(C)cc1. The molecule has 0 radical (unpaired) electrons. The third kappa shape index (κ3) is 2.90. The van der Waals surface area contributed by atoms with Crippen molar-refractivity contribution in [1.29, 1.82) is 0 Å². The lowest BCUT2D eigenvalue weighted by Gasteiger charge is -2.10. The molecule has 2 aromatic rings. The van der Waals surface area contributed by atoms with Crippen LogP contribution in [0.3, 0.4) is 0 Å². The van der Waals surface area contributed by atoms with Crippen molar-refractivity contribution in [3.05, 3.63) is 64.7 Å². The van der Waals surface area contributed by atoms with E-state index in [2.05, 4.69) is 31.2 Å². The third-order valence-corrected chi connectivity index (χ3v) is 3.05. The molecule has 94 valence electrons. The van der Waals surface area contributed by atoms with Gasteiger partial charge in [-0.25, -0.2) is 0 Å². The Labute approximate surface area is 108 Å². The minimum atomic E-state index is 0.0428. The van der Waals surface area contributed by atoms with Crippen LogP contribution in [0, 0.1) is 6.92 Å². The van der Waals surface area contributed by atoms with Crippen LogP contribution in [0.2, 0.25) is 0 Å². The standard InChI is InChI=1S/C16H18O2/c1-12-3-5-13(6-4-12)9-15-8-7-14(11-17)10-16(15)18-2/h3-8,10,17H,9,11H2,1-2H3. The summed E-state index contributed by atoms with van der Waals surface area (Å²) in [5.41, 5.74) is 4.54. The van der Waals surface area contributed by atoms with Crippen LogP contribution < -0.4 is 4.74 Å². The minimum absolute atomic E-state index is 0.0428. The summed E-state index contributed by atoms with van der Waals surface area (Å²) in [4.78, 5) is 0. The zero-order valence-electron chi connectivity index (χ0n) is 10.8. The van der Waals surface area contributed by atoms with Crippen molar-refractivity contribution in [3.63, 3.8) is 0 Å². The van der Waals surface area contributed by atoms with E-state index in [1.807, 2.05) is 18.2 Å². The van der Waals surface area contributed by atoms with E-state index < -0.39 is 0 Å². The third-order valence-electron chi connectivity index (χ3n) is 3.05. The van der Waals surface area contributed by atoms with Crippen LogP contribution in [0.15, 0.2) is 42.5 Å². The Hall–Kier alpha value is -1.80. The maximum Gasteiger partial charge on any atom is 0.122 e. The normalized spacial score (nSPS) is 10.4. The zero-order valence-corrected chi connectivity index (χ0v) is 10.8. The van der Waals surface area contributed by atoms with Crippen LogP contribution in [0.25, 0.3) is 0 Å². The van der Waals surface area contributed by atoms with Crippen LogP contribution in [-0.4, -0.2) is 12.2 Å². The molecule has 0 saturated carbocycles. The average molecular weight is 242 g/mol. The number of aliphatic hydroxyl groups is 1. The first-order chi connectivity index (χ1) is 8.72. The van der Waals surface area contributed by atoms with Crippen molar-refractivity contribution < 1.29 is 9.84 Å². The van der Waals surface area contributed by atoms with Crippen molar-refractivity contribution in [2.75, 3.05) is 7.11 Å². The lowest BCUT2D eigenvalue weighted by Crippen LogP contribution is -1.96. The second-order valence-corrected chi connectivity index (χ2v) is 4.47. The first-order valence-corrected chi connectivity index (χ1v) is 6.05. The van der Waals surface area contributed by atoms with Crippen molar-refractivity contribution in [2.45, 2.75) is 20.0 Å². The minimum Gasteiger partial charge on any atom is -0.496 e. The molecule has 0 unspecified atom stereocenters. The highest BCUT2D eigenvalue weighted by molar-refractivity contribution is 5.40. The summed E-state index contributed by atoms with van der Waals surface area (Å²) in [5, 5.41) is 9.11. The van der Waals surface area contributed by atoms with E-state index in [-0.39, 0.29) is 6.61 Å². The summed E-state index contributed by atoms with van der Waals surface area (Å²) in [6.45, 7) is 2.13. The topological polar surface area (TPSA) is 29.5 Å². The molecule has 0 spiro atoms. The maximum absolute atomic E-state index is 9.11. The van der Waals surface area contributed by atoms with E-state index in [4.69, 9.17) is 9.84 Å². The zero-order chi connectivity index (χ0) is 13.0. The molecule has 0 bridgehead atoms. The van der Waals surface area contributed by atoms with E-state index in [1.54, 1.807) is 7.11 Å². The van der Waals surface area contributed by atoms with Gasteiger partial charge in [0, 0.05) is 6.42 Å². The Balaban J connectivity index is 2.25. The fraction of sp³-hybridized carbons (Fsp3) is 0.250. The summed E-state index contributed by atoms with van der Waals surface area (Å²) in [6, 6.07) is 14.3. The smallest absolute Gasteiger partial charge is 0.122 e. The van der Waals surface area contributed by atoms with Crippen LogP contribution in [-0.2, 0) is 13.0 Å². The van der Waals surface area contributed by atoms with Crippen LogP contribution in [0.1, 0.15) is 22.3 Å². The highest BCUT2D eigenvalue weighted by Gasteiger charge is 2.05. The largest absolute Gasteiger partial charge is 0.496 e. The molecule has 0 amide bonds. The molecule has 0 fully saturated rings. The summed E-state index contributed by atoms with van der Waals surface area (Å²) >= 11 is 0. The molecule has 2 rings (SSSR count). The Bertz CT molecular complexity index is 515. The number of hydrogen-bond acceptors (Lipinski definition) is 2. The Morgan fingerprint density at radius 1 is 1.00 bits per heavy atom. The van der Waals surface area contributed by atoms with Crippen LogP contribution >= 0.6 is 0 Å². The van der Waals surface area contributed by atoms with Gasteiger partial charge < -0.3 is 9.84 Å². The number of aliphatic hydroxyl groups excluding tert-OH is 1.